The Morgan fingerprint density at radius 3 is 2.13 bits per heavy atom. The molecule has 0 aliphatic carbocycles. The molecule has 1 amide bonds. The van der Waals surface area contributed by atoms with E-state index < -0.39 is 5.54 Å². The standard InChI is InChI=1S/C11H24N2O2/c1-4-7-13(8-9-14)10(15)11(12,5-2)6-3/h14H,4-9,12H2,1-3H3. The minimum atomic E-state index is -0.760. The number of carbonyl (C=O) groups is 1. The molecule has 4 nitrogen and oxygen atoms in total. The van der Waals surface area contributed by atoms with E-state index in [2.05, 4.69) is 0 Å². The van der Waals surface area contributed by atoms with Crippen LogP contribution in [0.3, 0.4) is 0 Å². The summed E-state index contributed by atoms with van der Waals surface area (Å²) in [7, 11) is 0. The monoisotopic (exact) mass is 216 g/mol. The van der Waals surface area contributed by atoms with E-state index in [-0.39, 0.29) is 12.5 Å². The van der Waals surface area contributed by atoms with Crippen LogP contribution in [0.15, 0.2) is 0 Å². The van der Waals surface area contributed by atoms with Gasteiger partial charge in [0.25, 0.3) is 0 Å². The molecule has 0 saturated carbocycles. The topological polar surface area (TPSA) is 66.6 Å². The summed E-state index contributed by atoms with van der Waals surface area (Å²) in [5.41, 5.74) is 5.27. The van der Waals surface area contributed by atoms with E-state index >= 15 is 0 Å². The Kier molecular flexibility index (Phi) is 6.52. The van der Waals surface area contributed by atoms with Crippen molar-refractivity contribution in [3.05, 3.63) is 0 Å². The molecule has 0 spiro atoms. The van der Waals surface area contributed by atoms with Crippen LogP contribution in [-0.4, -0.2) is 41.1 Å². The van der Waals surface area contributed by atoms with Gasteiger partial charge in [0, 0.05) is 13.1 Å². The van der Waals surface area contributed by atoms with Gasteiger partial charge >= 0.3 is 0 Å². The fourth-order valence-corrected chi connectivity index (χ4v) is 1.57. The molecular weight excluding hydrogens is 192 g/mol. The first-order valence-electron chi connectivity index (χ1n) is 5.74. The van der Waals surface area contributed by atoms with Gasteiger partial charge in [0.2, 0.25) is 5.91 Å². The van der Waals surface area contributed by atoms with Crippen molar-refractivity contribution in [1.29, 1.82) is 0 Å². The van der Waals surface area contributed by atoms with Gasteiger partial charge < -0.3 is 15.7 Å². The van der Waals surface area contributed by atoms with Crippen molar-refractivity contribution in [1.82, 2.24) is 4.90 Å². The molecule has 90 valence electrons. The number of nitrogens with zero attached hydrogens (tertiary/aromatic N) is 1. The molecule has 0 aromatic heterocycles. The summed E-state index contributed by atoms with van der Waals surface area (Å²) < 4.78 is 0. The molecule has 0 saturated heterocycles. The Hall–Kier alpha value is -0.610. The lowest BCUT2D eigenvalue weighted by Gasteiger charge is -2.32. The Labute approximate surface area is 92.4 Å². The summed E-state index contributed by atoms with van der Waals surface area (Å²) in [6, 6.07) is 0. The van der Waals surface area contributed by atoms with Crippen LogP contribution in [0.4, 0.5) is 0 Å². The molecule has 0 heterocycles. The number of amides is 1. The predicted molar refractivity (Wildman–Crippen MR) is 61.5 cm³/mol. The van der Waals surface area contributed by atoms with Crippen LogP contribution in [0, 0.1) is 0 Å². The van der Waals surface area contributed by atoms with Gasteiger partial charge in [-0.1, -0.05) is 20.8 Å². The van der Waals surface area contributed by atoms with E-state index in [9.17, 15) is 4.79 Å². The Balaban J connectivity index is 4.59. The van der Waals surface area contributed by atoms with Gasteiger partial charge in [-0.25, -0.2) is 0 Å². The number of aliphatic hydroxyl groups is 1. The molecule has 0 fully saturated rings. The smallest absolute Gasteiger partial charge is 0.242 e. The Bertz CT molecular complexity index is 185. The average Bonchev–Trinajstić information content (AvgIpc) is 2.26. The molecule has 0 unspecified atom stereocenters. The fourth-order valence-electron chi connectivity index (χ4n) is 1.57. The number of rotatable bonds is 7. The SMILES string of the molecule is CCCN(CCO)C(=O)C(N)(CC)CC. The van der Waals surface area contributed by atoms with Gasteiger partial charge in [-0.2, -0.15) is 0 Å². The predicted octanol–water partition coefficient (Wildman–Crippen LogP) is 0.735. The molecule has 0 bridgehead atoms. The summed E-state index contributed by atoms with van der Waals surface area (Å²) in [6.45, 7) is 6.89. The lowest BCUT2D eigenvalue weighted by atomic mass is 9.92. The average molecular weight is 216 g/mol. The van der Waals surface area contributed by atoms with Crippen molar-refractivity contribution in [2.75, 3.05) is 19.7 Å². The minimum Gasteiger partial charge on any atom is -0.395 e. The zero-order chi connectivity index (χ0) is 11.9. The first-order valence-corrected chi connectivity index (χ1v) is 5.74. The van der Waals surface area contributed by atoms with E-state index in [1.165, 1.54) is 0 Å². The normalized spacial score (nSPS) is 11.5. The number of carbonyl (C=O) groups excluding carboxylic acids is 1. The highest BCUT2D eigenvalue weighted by molar-refractivity contribution is 5.86. The second-order valence-corrected chi connectivity index (χ2v) is 3.88. The van der Waals surface area contributed by atoms with Crippen molar-refractivity contribution in [3.63, 3.8) is 0 Å². The van der Waals surface area contributed by atoms with E-state index in [1.807, 2.05) is 20.8 Å². The summed E-state index contributed by atoms with van der Waals surface area (Å²) in [4.78, 5) is 13.8. The van der Waals surface area contributed by atoms with Crippen molar-refractivity contribution >= 4 is 5.91 Å². The van der Waals surface area contributed by atoms with Crippen molar-refractivity contribution in [2.45, 2.75) is 45.6 Å². The third-order valence-electron chi connectivity index (χ3n) is 2.84. The molecule has 0 aliphatic heterocycles. The fraction of sp³-hybridized carbons (Fsp3) is 0.909. The largest absolute Gasteiger partial charge is 0.395 e. The molecule has 15 heavy (non-hydrogen) atoms. The van der Waals surface area contributed by atoms with E-state index in [4.69, 9.17) is 10.8 Å². The summed E-state index contributed by atoms with van der Waals surface area (Å²) in [6.07, 6.45) is 2.15. The Morgan fingerprint density at radius 2 is 1.80 bits per heavy atom. The quantitative estimate of drug-likeness (QED) is 0.659. The van der Waals surface area contributed by atoms with Crippen molar-refractivity contribution in [2.24, 2.45) is 5.73 Å². The molecule has 3 N–H and O–H groups in total. The van der Waals surface area contributed by atoms with Gasteiger partial charge in [0.1, 0.15) is 0 Å². The highest BCUT2D eigenvalue weighted by atomic mass is 16.3. The van der Waals surface area contributed by atoms with Crippen LogP contribution in [-0.2, 0) is 4.79 Å². The van der Waals surface area contributed by atoms with Crippen LogP contribution >= 0.6 is 0 Å². The van der Waals surface area contributed by atoms with E-state index in [1.54, 1.807) is 4.90 Å². The number of hydrogen-bond acceptors (Lipinski definition) is 3. The van der Waals surface area contributed by atoms with Crippen molar-refractivity contribution < 1.29 is 9.90 Å². The zero-order valence-corrected chi connectivity index (χ0v) is 10.1. The third-order valence-corrected chi connectivity index (χ3v) is 2.84. The number of nitrogens with two attached hydrogens (primary N) is 1. The lowest BCUT2D eigenvalue weighted by Crippen LogP contribution is -2.55. The van der Waals surface area contributed by atoms with Gasteiger partial charge in [-0.3, -0.25) is 4.79 Å². The van der Waals surface area contributed by atoms with E-state index in [0.29, 0.717) is 25.9 Å². The highest BCUT2D eigenvalue weighted by Gasteiger charge is 2.33. The second kappa shape index (κ2) is 6.80. The van der Waals surface area contributed by atoms with Gasteiger partial charge in [0.15, 0.2) is 0 Å². The first-order chi connectivity index (χ1) is 7.05. The molecule has 0 radical (unpaired) electrons. The van der Waals surface area contributed by atoms with Gasteiger partial charge in [-0.15, -0.1) is 0 Å². The number of aliphatic hydroxyl groups excluding tert-OH is 1. The van der Waals surface area contributed by atoms with Crippen LogP contribution in [0.2, 0.25) is 0 Å². The first kappa shape index (κ1) is 14.4. The maximum absolute atomic E-state index is 12.1. The molecule has 0 atom stereocenters. The van der Waals surface area contributed by atoms with E-state index in [0.717, 1.165) is 6.42 Å². The van der Waals surface area contributed by atoms with Crippen LogP contribution < -0.4 is 5.73 Å². The summed E-state index contributed by atoms with van der Waals surface area (Å²) >= 11 is 0. The molecule has 0 aliphatic rings. The second-order valence-electron chi connectivity index (χ2n) is 3.88. The van der Waals surface area contributed by atoms with Crippen molar-refractivity contribution in [3.8, 4) is 0 Å². The molecule has 0 rings (SSSR count). The zero-order valence-electron chi connectivity index (χ0n) is 10.1. The lowest BCUT2D eigenvalue weighted by molar-refractivity contribution is -0.137. The molecule has 4 heteroatoms. The van der Waals surface area contributed by atoms with Crippen LogP contribution in [0.5, 0.6) is 0 Å². The summed E-state index contributed by atoms with van der Waals surface area (Å²) in [5.74, 6) is -0.0385. The van der Waals surface area contributed by atoms with Gasteiger partial charge in [0.05, 0.1) is 12.1 Å². The molecule has 0 aromatic rings. The molecular formula is C11H24N2O2. The highest BCUT2D eigenvalue weighted by Crippen LogP contribution is 2.15. The Morgan fingerprint density at radius 1 is 1.27 bits per heavy atom. The summed E-state index contributed by atoms with van der Waals surface area (Å²) in [5, 5.41) is 8.89. The van der Waals surface area contributed by atoms with Gasteiger partial charge in [-0.05, 0) is 19.3 Å². The third kappa shape index (κ3) is 3.80. The number of hydrogen-bond donors (Lipinski definition) is 2. The maximum atomic E-state index is 12.1. The van der Waals surface area contributed by atoms with Crippen LogP contribution in [0.25, 0.3) is 0 Å². The minimum absolute atomic E-state index is 0.00471. The molecule has 0 aromatic carbocycles. The van der Waals surface area contributed by atoms with Crippen LogP contribution in [0.1, 0.15) is 40.0 Å². The maximum Gasteiger partial charge on any atom is 0.242 e.